The van der Waals surface area contributed by atoms with E-state index in [1.807, 2.05) is 30.3 Å². The third-order valence-corrected chi connectivity index (χ3v) is 6.63. The zero-order valence-corrected chi connectivity index (χ0v) is 18.6. The molecule has 162 valence electrons. The summed E-state index contributed by atoms with van der Waals surface area (Å²) in [6.07, 6.45) is 1.67. The molecule has 1 fully saturated rings. The third-order valence-electron chi connectivity index (χ3n) is 5.21. The first kappa shape index (κ1) is 21.7. The average molecular weight is 458 g/mol. The van der Waals surface area contributed by atoms with Gasteiger partial charge in [0.15, 0.2) is 0 Å². The number of rotatable bonds is 7. The van der Waals surface area contributed by atoms with Gasteiger partial charge in [-0.05, 0) is 23.8 Å². The largest absolute Gasteiger partial charge is 0.352 e. The fourth-order valence-corrected chi connectivity index (χ4v) is 4.71. The number of aromatic amines is 1. The Hall–Kier alpha value is -2.52. The number of carbonyl (C=O) groups excluding carboxylic acids is 1. The van der Waals surface area contributed by atoms with Crippen LogP contribution in [0.4, 0.5) is 0 Å². The molecular formula is C22H24ClN5O2S. The molecule has 0 spiro atoms. The van der Waals surface area contributed by atoms with E-state index >= 15 is 0 Å². The van der Waals surface area contributed by atoms with E-state index in [1.165, 1.54) is 11.3 Å². The van der Waals surface area contributed by atoms with Gasteiger partial charge < -0.3 is 10.3 Å². The number of piperazine rings is 1. The minimum Gasteiger partial charge on any atom is -0.352 e. The van der Waals surface area contributed by atoms with E-state index in [1.54, 1.807) is 6.08 Å². The highest BCUT2D eigenvalue weighted by Crippen LogP contribution is 2.31. The number of H-pyrrole nitrogens is 1. The van der Waals surface area contributed by atoms with Crippen LogP contribution in [0.3, 0.4) is 0 Å². The molecule has 0 saturated carbocycles. The molecule has 0 radical (unpaired) electrons. The number of halogens is 1. The van der Waals surface area contributed by atoms with Crippen molar-refractivity contribution < 1.29 is 4.79 Å². The minimum absolute atomic E-state index is 0.0127. The molecule has 7 nitrogen and oxygen atoms in total. The highest BCUT2D eigenvalue weighted by molar-refractivity contribution is 7.22. The Morgan fingerprint density at radius 3 is 2.65 bits per heavy atom. The Bertz CT molecular complexity index is 1130. The highest BCUT2D eigenvalue weighted by Gasteiger charge is 2.20. The molecule has 1 aromatic carbocycles. The van der Waals surface area contributed by atoms with E-state index in [2.05, 4.69) is 26.7 Å². The minimum atomic E-state index is -0.109. The summed E-state index contributed by atoms with van der Waals surface area (Å²) in [6, 6.07) is 9.53. The molecule has 4 rings (SSSR count). The van der Waals surface area contributed by atoms with Crippen LogP contribution < -0.4 is 10.9 Å². The van der Waals surface area contributed by atoms with Gasteiger partial charge in [0.1, 0.15) is 10.5 Å². The van der Waals surface area contributed by atoms with Crippen LogP contribution in [0.1, 0.15) is 5.82 Å². The van der Waals surface area contributed by atoms with Crippen LogP contribution in [0.25, 0.3) is 20.7 Å². The van der Waals surface area contributed by atoms with Crippen LogP contribution in [0.15, 0.2) is 47.8 Å². The molecule has 31 heavy (non-hydrogen) atoms. The number of nitrogens with zero attached hydrogens (tertiary/aromatic N) is 3. The van der Waals surface area contributed by atoms with Crippen LogP contribution in [0.2, 0.25) is 5.02 Å². The van der Waals surface area contributed by atoms with E-state index in [9.17, 15) is 9.59 Å². The molecular weight excluding hydrogens is 434 g/mol. The summed E-state index contributed by atoms with van der Waals surface area (Å²) in [4.78, 5) is 37.5. The Morgan fingerprint density at radius 1 is 1.23 bits per heavy atom. The van der Waals surface area contributed by atoms with Crippen molar-refractivity contribution in [3.05, 3.63) is 64.2 Å². The molecule has 0 atom stereocenters. The first-order chi connectivity index (χ1) is 15.0. The van der Waals surface area contributed by atoms with Gasteiger partial charge in [0.25, 0.3) is 5.56 Å². The Balaban J connectivity index is 1.40. The van der Waals surface area contributed by atoms with Gasteiger partial charge in [-0.2, -0.15) is 0 Å². The van der Waals surface area contributed by atoms with Gasteiger partial charge in [-0.1, -0.05) is 29.8 Å². The standard InChI is InChI=1S/C22H24ClN5O2S/c1-2-7-24-20(29)14-28-10-8-27(9-11-28)13-19-25-17-12-18(31-21(17)22(30)26-19)15-3-5-16(23)6-4-15/h2-6,12H,1,7-11,13-14H2,(H,24,29)(H,25,26,30). The number of hydrogen-bond acceptors (Lipinski definition) is 6. The number of benzene rings is 1. The molecule has 9 heteroatoms. The molecule has 2 aromatic heterocycles. The van der Waals surface area contributed by atoms with E-state index < -0.39 is 0 Å². The Kier molecular flexibility index (Phi) is 6.82. The van der Waals surface area contributed by atoms with Crippen molar-refractivity contribution in [3.8, 4) is 10.4 Å². The number of carbonyl (C=O) groups is 1. The van der Waals surface area contributed by atoms with E-state index in [4.69, 9.17) is 16.6 Å². The van der Waals surface area contributed by atoms with Crippen molar-refractivity contribution in [1.82, 2.24) is 25.1 Å². The van der Waals surface area contributed by atoms with Gasteiger partial charge >= 0.3 is 0 Å². The maximum Gasteiger partial charge on any atom is 0.268 e. The highest BCUT2D eigenvalue weighted by atomic mass is 35.5. The molecule has 0 bridgehead atoms. The smallest absolute Gasteiger partial charge is 0.268 e. The molecule has 1 saturated heterocycles. The summed E-state index contributed by atoms with van der Waals surface area (Å²) in [5.41, 5.74) is 1.62. The van der Waals surface area contributed by atoms with Crippen molar-refractivity contribution in [1.29, 1.82) is 0 Å². The normalized spacial score (nSPS) is 15.3. The maximum absolute atomic E-state index is 12.6. The maximum atomic E-state index is 12.6. The summed E-state index contributed by atoms with van der Waals surface area (Å²) >= 11 is 7.41. The lowest BCUT2D eigenvalue weighted by molar-refractivity contribution is -0.122. The summed E-state index contributed by atoms with van der Waals surface area (Å²) in [5, 5.41) is 3.48. The fourth-order valence-electron chi connectivity index (χ4n) is 3.58. The van der Waals surface area contributed by atoms with Crippen molar-refractivity contribution in [2.75, 3.05) is 39.3 Å². The van der Waals surface area contributed by atoms with Crippen molar-refractivity contribution in [2.45, 2.75) is 6.54 Å². The van der Waals surface area contributed by atoms with Crippen LogP contribution in [-0.2, 0) is 11.3 Å². The number of thiophene rings is 1. The molecule has 0 aliphatic carbocycles. The topological polar surface area (TPSA) is 81.3 Å². The van der Waals surface area contributed by atoms with E-state index in [0.717, 1.165) is 36.6 Å². The first-order valence-electron chi connectivity index (χ1n) is 10.1. The quantitative estimate of drug-likeness (QED) is 0.533. The van der Waals surface area contributed by atoms with Gasteiger partial charge in [0, 0.05) is 42.6 Å². The van der Waals surface area contributed by atoms with Crippen LogP contribution >= 0.6 is 22.9 Å². The molecule has 1 aliphatic heterocycles. The second-order valence-electron chi connectivity index (χ2n) is 7.49. The molecule has 3 aromatic rings. The molecule has 1 amide bonds. The van der Waals surface area contributed by atoms with E-state index in [-0.39, 0.29) is 11.5 Å². The zero-order valence-electron chi connectivity index (χ0n) is 17.1. The predicted octanol–water partition coefficient (Wildman–Crippen LogP) is 2.72. The SMILES string of the molecule is C=CCNC(=O)CN1CCN(Cc2nc3cc(-c4ccc(Cl)cc4)sc3c(=O)[nH]2)CC1. The number of fused-ring (bicyclic) bond motifs is 1. The van der Waals surface area contributed by atoms with Crippen LogP contribution in [0.5, 0.6) is 0 Å². The number of hydrogen-bond donors (Lipinski definition) is 2. The molecule has 2 N–H and O–H groups in total. The predicted molar refractivity (Wildman–Crippen MR) is 126 cm³/mol. The third kappa shape index (κ3) is 5.40. The van der Waals surface area contributed by atoms with Gasteiger partial charge in [-0.15, -0.1) is 17.9 Å². The van der Waals surface area contributed by atoms with Gasteiger partial charge in [0.05, 0.1) is 18.6 Å². The van der Waals surface area contributed by atoms with Crippen molar-refractivity contribution in [3.63, 3.8) is 0 Å². The summed E-state index contributed by atoms with van der Waals surface area (Å²) in [6.45, 7) is 8.29. The molecule has 1 aliphatic rings. The summed E-state index contributed by atoms with van der Waals surface area (Å²) in [7, 11) is 0. The van der Waals surface area contributed by atoms with Crippen molar-refractivity contribution in [2.24, 2.45) is 0 Å². The van der Waals surface area contributed by atoms with Gasteiger partial charge in [-0.3, -0.25) is 19.4 Å². The first-order valence-corrected chi connectivity index (χ1v) is 11.3. The lowest BCUT2D eigenvalue weighted by Crippen LogP contribution is -2.49. The fraction of sp³-hybridized carbons (Fsp3) is 0.318. The molecule has 0 unspecified atom stereocenters. The van der Waals surface area contributed by atoms with E-state index in [0.29, 0.717) is 40.7 Å². The summed E-state index contributed by atoms with van der Waals surface area (Å²) < 4.78 is 0.629. The van der Waals surface area contributed by atoms with Crippen LogP contribution in [0, 0.1) is 0 Å². The average Bonchev–Trinajstić information content (AvgIpc) is 3.19. The van der Waals surface area contributed by atoms with Crippen LogP contribution in [-0.4, -0.2) is 64.9 Å². The summed E-state index contributed by atoms with van der Waals surface area (Å²) in [5.74, 6) is 0.675. The number of amides is 1. The Morgan fingerprint density at radius 2 is 1.94 bits per heavy atom. The van der Waals surface area contributed by atoms with Gasteiger partial charge in [0.2, 0.25) is 5.91 Å². The number of aromatic nitrogens is 2. The lowest BCUT2D eigenvalue weighted by atomic mass is 10.2. The second kappa shape index (κ2) is 9.74. The zero-order chi connectivity index (χ0) is 21.8. The second-order valence-corrected chi connectivity index (χ2v) is 8.98. The number of nitrogens with one attached hydrogen (secondary N) is 2. The van der Waals surface area contributed by atoms with Crippen molar-refractivity contribution >= 4 is 39.1 Å². The lowest BCUT2D eigenvalue weighted by Gasteiger charge is -2.33. The van der Waals surface area contributed by atoms with Gasteiger partial charge in [-0.25, -0.2) is 4.98 Å². The molecule has 3 heterocycles. The monoisotopic (exact) mass is 457 g/mol. The Labute approximate surface area is 189 Å².